The Bertz CT molecular complexity index is 429. The highest BCUT2D eigenvalue weighted by Crippen LogP contribution is 2.13. The number of hydrogen-bond donors (Lipinski definition) is 3. The van der Waals surface area contributed by atoms with E-state index in [-0.39, 0.29) is 11.5 Å². The molecule has 0 atom stereocenters. The third kappa shape index (κ3) is 3.29. The Balaban J connectivity index is 2.76. The highest BCUT2D eigenvalue weighted by atomic mass is 35.5. The Morgan fingerprint density at radius 2 is 2.07 bits per heavy atom. The minimum atomic E-state index is -0.376. The van der Waals surface area contributed by atoms with E-state index in [0.717, 1.165) is 0 Å². The molecule has 0 heterocycles. The fraction of sp³-hybridized carbons (Fsp3) is 0. The molecule has 0 aliphatic heterocycles. The molecule has 0 saturated carbocycles. The van der Waals surface area contributed by atoms with Gasteiger partial charge in [-0.2, -0.15) is 10.4 Å². The van der Waals surface area contributed by atoms with Crippen molar-refractivity contribution < 1.29 is 0 Å². The predicted octanol–water partition coefficient (Wildman–Crippen LogP) is 1.57. The lowest BCUT2D eigenvalue weighted by atomic mass is 10.3. The summed E-state index contributed by atoms with van der Waals surface area (Å²) < 4.78 is 0. The average Bonchev–Trinajstić information content (AvgIpc) is 2.21. The van der Waals surface area contributed by atoms with Gasteiger partial charge in [-0.15, -0.1) is 0 Å². The molecule has 76 valence electrons. The number of hydrazone groups is 1. The lowest BCUT2D eigenvalue weighted by molar-refractivity contribution is 1.33. The van der Waals surface area contributed by atoms with Gasteiger partial charge in [-0.3, -0.25) is 10.8 Å². The lowest BCUT2D eigenvalue weighted by Gasteiger charge is -2.00. The summed E-state index contributed by atoms with van der Waals surface area (Å²) >= 11 is 5.68. The van der Waals surface area contributed by atoms with Gasteiger partial charge >= 0.3 is 0 Å². The van der Waals surface area contributed by atoms with Crippen molar-refractivity contribution >= 4 is 28.8 Å². The van der Waals surface area contributed by atoms with E-state index < -0.39 is 0 Å². The SMILES string of the molecule is N#C/C(=N\Nc1ccc(Cl)cc1)C(=N)N. The Morgan fingerprint density at radius 3 is 2.53 bits per heavy atom. The standard InChI is InChI=1S/C9H8ClN5/c10-6-1-3-7(4-2-6)14-15-8(5-11)9(12)13/h1-4,14H,(H3,12,13)/b15-8+. The number of nitrogens with zero attached hydrogens (tertiary/aromatic N) is 2. The molecule has 0 aliphatic rings. The van der Waals surface area contributed by atoms with E-state index in [2.05, 4.69) is 10.5 Å². The van der Waals surface area contributed by atoms with E-state index in [4.69, 9.17) is 28.0 Å². The van der Waals surface area contributed by atoms with Gasteiger partial charge in [0.25, 0.3) is 0 Å². The Hall–Kier alpha value is -2.06. The number of halogens is 1. The molecule has 6 heteroatoms. The van der Waals surface area contributed by atoms with Crippen LogP contribution in [-0.4, -0.2) is 11.5 Å². The summed E-state index contributed by atoms with van der Waals surface area (Å²) in [5.74, 6) is -0.376. The molecule has 1 aromatic carbocycles. The van der Waals surface area contributed by atoms with Gasteiger partial charge in [0.15, 0.2) is 5.84 Å². The summed E-state index contributed by atoms with van der Waals surface area (Å²) in [6.45, 7) is 0. The van der Waals surface area contributed by atoms with Gasteiger partial charge in [-0.25, -0.2) is 0 Å². The second-order valence-corrected chi connectivity index (χ2v) is 3.04. The fourth-order valence-electron chi connectivity index (χ4n) is 0.790. The zero-order chi connectivity index (χ0) is 11.3. The molecule has 0 aromatic heterocycles. The number of hydrogen-bond acceptors (Lipinski definition) is 4. The average molecular weight is 222 g/mol. The maximum absolute atomic E-state index is 8.56. The molecule has 5 nitrogen and oxygen atoms in total. The third-order valence-electron chi connectivity index (χ3n) is 1.50. The van der Waals surface area contributed by atoms with Gasteiger partial charge in [0.2, 0.25) is 5.71 Å². The first-order chi connectivity index (χ1) is 7.13. The molecule has 1 aromatic rings. The normalized spacial score (nSPS) is 10.5. The number of anilines is 1. The van der Waals surface area contributed by atoms with Crippen LogP contribution >= 0.6 is 11.6 Å². The van der Waals surface area contributed by atoms with Crippen molar-refractivity contribution in [3.05, 3.63) is 29.3 Å². The van der Waals surface area contributed by atoms with Gasteiger partial charge in [0.1, 0.15) is 6.07 Å². The summed E-state index contributed by atoms with van der Waals surface area (Å²) in [6.07, 6.45) is 0. The monoisotopic (exact) mass is 221 g/mol. The van der Waals surface area contributed by atoms with E-state index in [1.54, 1.807) is 30.3 Å². The first-order valence-electron chi connectivity index (χ1n) is 3.97. The maximum Gasteiger partial charge on any atom is 0.201 e. The molecule has 0 aliphatic carbocycles. The molecule has 0 unspecified atom stereocenters. The van der Waals surface area contributed by atoms with Gasteiger partial charge in [0, 0.05) is 5.02 Å². The molecule has 0 saturated heterocycles. The van der Waals surface area contributed by atoms with Crippen LogP contribution in [0.3, 0.4) is 0 Å². The van der Waals surface area contributed by atoms with Crippen LogP contribution in [0.5, 0.6) is 0 Å². The summed E-state index contributed by atoms with van der Waals surface area (Å²) in [5.41, 5.74) is 8.19. The topological polar surface area (TPSA) is 98.0 Å². The number of rotatable bonds is 3. The van der Waals surface area contributed by atoms with Gasteiger partial charge in [-0.05, 0) is 24.3 Å². The van der Waals surface area contributed by atoms with Crippen molar-refractivity contribution in [2.45, 2.75) is 0 Å². The molecule has 0 amide bonds. The van der Waals surface area contributed by atoms with Crippen molar-refractivity contribution in [2.24, 2.45) is 10.8 Å². The van der Waals surface area contributed by atoms with Crippen molar-refractivity contribution in [3.63, 3.8) is 0 Å². The second-order valence-electron chi connectivity index (χ2n) is 2.60. The zero-order valence-corrected chi connectivity index (χ0v) is 8.42. The zero-order valence-electron chi connectivity index (χ0n) is 7.66. The largest absolute Gasteiger partial charge is 0.382 e. The Labute approximate surface area is 91.7 Å². The van der Waals surface area contributed by atoms with Gasteiger partial charge in [-0.1, -0.05) is 11.6 Å². The highest BCUT2D eigenvalue weighted by molar-refractivity contribution is 6.45. The van der Waals surface area contributed by atoms with E-state index in [1.165, 1.54) is 0 Å². The Kier molecular flexibility index (Phi) is 3.66. The minimum Gasteiger partial charge on any atom is -0.382 e. The molecule has 15 heavy (non-hydrogen) atoms. The maximum atomic E-state index is 8.56. The van der Waals surface area contributed by atoms with Crippen LogP contribution in [-0.2, 0) is 0 Å². The van der Waals surface area contributed by atoms with Crippen LogP contribution in [0.15, 0.2) is 29.4 Å². The van der Waals surface area contributed by atoms with Crippen molar-refractivity contribution in [2.75, 3.05) is 5.43 Å². The molecule has 0 radical (unpaired) electrons. The molecular weight excluding hydrogens is 214 g/mol. The third-order valence-corrected chi connectivity index (χ3v) is 1.75. The van der Waals surface area contributed by atoms with Crippen LogP contribution in [0, 0.1) is 16.7 Å². The second kappa shape index (κ2) is 4.98. The smallest absolute Gasteiger partial charge is 0.201 e. The molecular formula is C9H8ClN5. The van der Waals surface area contributed by atoms with E-state index in [0.29, 0.717) is 10.7 Å². The van der Waals surface area contributed by atoms with Gasteiger partial charge < -0.3 is 5.73 Å². The van der Waals surface area contributed by atoms with E-state index in [9.17, 15) is 0 Å². The lowest BCUT2D eigenvalue weighted by Crippen LogP contribution is -2.21. The van der Waals surface area contributed by atoms with Crippen LogP contribution in [0.2, 0.25) is 5.02 Å². The summed E-state index contributed by atoms with van der Waals surface area (Å²) in [6, 6.07) is 8.45. The van der Waals surface area contributed by atoms with Crippen LogP contribution in [0.25, 0.3) is 0 Å². The van der Waals surface area contributed by atoms with Crippen molar-refractivity contribution in [1.29, 1.82) is 10.7 Å². The van der Waals surface area contributed by atoms with Crippen LogP contribution in [0.4, 0.5) is 5.69 Å². The van der Waals surface area contributed by atoms with Crippen molar-refractivity contribution in [1.82, 2.24) is 0 Å². The van der Waals surface area contributed by atoms with Crippen molar-refractivity contribution in [3.8, 4) is 6.07 Å². The number of nitriles is 1. The number of amidine groups is 1. The first kappa shape index (κ1) is 11.0. The van der Waals surface area contributed by atoms with Gasteiger partial charge in [0.05, 0.1) is 5.69 Å². The van der Waals surface area contributed by atoms with E-state index >= 15 is 0 Å². The van der Waals surface area contributed by atoms with Crippen LogP contribution < -0.4 is 11.2 Å². The summed E-state index contributed by atoms with van der Waals surface area (Å²) in [5, 5.41) is 19.8. The highest BCUT2D eigenvalue weighted by Gasteiger charge is 2.00. The molecule has 0 fully saturated rings. The first-order valence-corrected chi connectivity index (χ1v) is 4.35. The summed E-state index contributed by atoms with van der Waals surface area (Å²) in [7, 11) is 0. The Morgan fingerprint density at radius 1 is 1.47 bits per heavy atom. The quantitative estimate of drug-likeness (QED) is 0.410. The minimum absolute atomic E-state index is 0.162. The predicted molar refractivity (Wildman–Crippen MR) is 60.0 cm³/mol. The molecule has 1 rings (SSSR count). The number of nitrogens with one attached hydrogen (secondary N) is 2. The molecule has 0 bridgehead atoms. The van der Waals surface area contributed by atoms with Crippen LogP contribution in [0.1, 0.15) is 0 Å². The van der Waals surface area contributed by atoms with E-state index in [1.807, 2.05) is 0 Å². The molecule has 0 spiro atoms. The molecule has 4 N–H and O–H groups in total. The number of benzene rings is 1. The summed E-state index contributed by atoms with van der Waals surface area (Å²) in [4.78, 5) is 0. The fourth-order valence-corrected chi connectivity index (χ4v) is 0.916. The number of nitrogens with two attached hydrogens (primary N) is 1.